The predicted octanol–water partition coefficient (Wildman–Crippen LogP) is 5.40. The Balaban J connectivity index is 1.67. The van der Waals surface area contributed by atoms with Crippen molar-refractivity contribution in [3.63, 3.8) is 0 Å². The van der Waals surface area contributed by atoms with Gasteiger partial charge in [0.05, 0.1) is 18.0 Å². The molecule has 0 saturated carbocycles. The van der Waals surface area contributed by atoms with Crippen molar-refractivity contribution >= 4 is 35.0 Å². The molecule has 0 bridgehead atoms. The van der Waals surface area contributed by atoms with E-state index in [2.05, 4.69) is 17.2 Å². The van der Waals surface area contributed by atoms with Crippen LogP contribution >= 0.6 is 22.9 Å². The van der Waals surface area contributed by atoms with Gasteiger partial charge in [-0.25, -0.2) is 4.68 Å². The van der Waals surface area contributed by atoms with Gasteiger partial charge in [0.15, 0.2) is 5.76 Å². The summed E-state index contributed by atoms with van der Waals surface area (Å²) in [6, 6.07) is 20.4. The van der Waals surface area contributed by atoms with Gasteiger partial charge in [-0.3, -0.25) is 15.1 Å². The fraction of sp³-hybridized carbons (Fsp3) is 0.0909. The minimum atomic E-state index is -0.585. The van der Waals surface area contributed by atoms with Crippen molar-refractivity contribution in [3.8, 4) is 11.3 Å². The molecule has 9 heteroatoms. The van der Waals surface area contributed by atoms with Crippen molar-refractivity contribution in [2.45, 2.75) is 6.42 Å². The standard InChI is InChI=1S/C22H17ClN4O3S/c23-18-8-6-17(7-9-18)20-15-31-22(24-13-12-16-4-2-1-3-5-16)26(20)25-14-19-10-11-21(30-19)27(28)29/h1-11,14-15H,12-13H2. The van der Waals surface area contributed by atoms with Crippen LogP contribution in [0.1, 0.15) is 11.3 Å². The smallest absolute Gasteiger partial charge is 0.400 e. The number of nitrogens with zero attached hydrogens (tertiary/aromatic N) is 4. The van der Waals surface area contributed by atoms with E-state index in [1.165, 1.54) is 35.2 Å². The van der Waals surface area contributed by atoms with Crippen molar-refractivity contribution < 1.29 is 9.34 Å². The maximum Gasteiger partial charge on any atom is 0.433 e. The molecule has 0 radical (unpaired) electrons. The predicted molar refractivity (Wildman–Crippen MR) is 122 cm³/mol. The molecule has 0 unspecified atom stereocenters. The zero-order chi connectivity index (χ0) is 21.6. The number of rotatable bonds is 7. The van der Waals surface area contributed by atoms with Crippen LogP contribution in [0.15, 0.2) is 86.6 Å². The lowest BCUT2D eigenvalue weighted by Crippen LogP contribution is -2.13. The Morgan fingerprint density at radius 2 is 1.87 bits per heavy atom. The first-order valence-corrected chi connectivity index (χ1v) is 10.7. The molecular formula is C22H17ClN4O3S. The monoisotopic (exact) mass is 452 g/mol. The number of hydrogen-bond acceptors (Lipinski definition) is 6. The van der Waals surface area contributed by atoms with E-state index < -0.39 is 4.92 Å². The SMILES string of the molecule is O=[N+]([O-])c1ccc(C=Nn2c(-c3ccc(Cl)cc3)csc2=NCCc2ccccc2)o1. The highest BCUT2D eigenvalue weighted by molar-refractivity contribution is 7.07. The number of hydrogen-bond donors (Lipinski definition) is 0. The largest absolute Gasteiger partial charge is 0.433 e. The average molecular weight is 453 g/mol. The van der Waals surface area contributed by atoms with Gasteiger partial charge in [-0.05, 0) is 30.2 Å². The van der Waals surface area contributed by atoms with Gasteiger partial charge in [0, 0.05) is 22.5 Å². The van der Waals surface area contributed by atoms with Crippen molar-refractivity contribution in [3.05, 3.63) is 103 Å². The van der Waals surface area contributed by atoms with Crippen LogP contribution in [0.5, 0.6) is 0 Å². The summed E-state index contributed by atoms with van der Waals surface area (Å²) in [5.74, 6) is -0.0508. The maximum atomic E-state index is 10.8. The second-order valence-corrected chi connectivity index (χ2v) is 7.79. The molecule has 0 aliphatic carbocycles. The molecule has 0 aliphatic heterocycles. The third-order valence-corrected chi connectivity index (χ3v) is 5.51. The Hall–Kier alpha value is -3.49. The zero-order valence-electron chi connectivity index (χ0n) is 16.2. The first-order chi connectivity index (χ1) is 15.1. The summed E-state index contributed by atoms with van der Waals surface area (Å²) in [5.41, 5.74) is 2.96. The zero-order valence-corrected chi connectivity index (χ0v) is 17.8. The fourth-order valence-electron chi connectivity index (χ4n) is 2.89. The Kier molecular flexibility index (Phi) is 6.40. The molecule has 0 atom stereocenters. The van der Waals surface area contributed by atoms with Gasteiger partial charge in [0.2, 0.25) is 4.80 Å². The first-order valence-electron chi connectivity index (χ1n) is 9.39. The van der Waals surface area contributed by atoms with Crippen LogP contribution in [-0.2, 0) is 6.42 Å². The van der Waals surface area contributed by atoms with E-state index in [0.717, 1.165) is 17.7 Å². The van der Waals surface area contributed by atoms with Gasteiger partial charge in [-0.2, -0.15) is 5.10 Å². The number of furan rings is 1. The van der Waals surface area contributed by atoms with Gasteiger partial charge in [0.25, 0.3) is 0 Å². The number of benzene rings is 2. The van der Waals surface area contributed by atoms with Gasteiger partial charge in [0.1, 0.15) is 4.92 Å². The normalized spacial score (nSPS) is 12.0. The maximum absolute atomic E-state index is 10.8. The Bertz CT molecular complexity index is 1270. The second-order valence-electron chi connectivity index (χ2n) is 6.52. The third-order valence-electron chi connectivity index (χ3n) is 4.41. The summed E-state index contributed by atoms with van der Waals surface area (Å²) < 4.78 is 6.88. The van der Waals surface area contributed by atoms with Gasteiger partial charge in [-0.1, -0.05) is 54.1 Å². The number of thiazole rings is 1. The first kappa shape index (κ1) is 20.8. The average Bonchev–Trinajstić information content (AvgIpc) is 3.41. The summed E-state index contributed by atoms with van der Waals surface area (Å²) in [6.07, 6.45) is 2.25. The van der Waals surface area contributed by atoms with Gasteiger partial charge < -0.3 is 4.42 Å². The third kappa shape index (κ3) is 5.17. The molecule has 156 valence electrons. The van der Waals surface area contributed by atoms with E-state index in [9.17, 15) is 10.1 Å². The highest BCUT2D eigenvalue weighted by Gasteiger charge is 2.11. The van der Waals surface area contributed by atoms with Crippen LogP contribution in [0.25, 0.3) is 11.3 Å². The van der Waals surface area contributed by atoms with Crippen molar-refractivity contribution in [1.29, 1.82) is 0 Å². The van der Waals surface area contributed by atoms with Gasteiger partial charge >= 0.3 is 5.88 Å². The molecule has 0 spiro atoms. The topological polar surface area (TPSA) is 85.9 Å². The van der Waals surface area contributed by atoms with E-state index in [4.69, 9.17) is 21.0 Å². The Labute approximate surface area is 186 Å². The highest BCUT2D eigenvalue weighted by atomic mass is 35.5. The molecule has 4 rings (SSSR count). The molecule has 31 heavy (non-hydrogen) atoms. The lowest BCUT2D eigenvalue weighted by molar-refractivity contribution is -0.402. The molecule has 2 aromatic carbocycles. The molecule has 7 nitrogen and oxygen atoms in total. The van der Waals surface area contributed by atoms with E-state index >= 15 is 0 Å². The molecule has 2 heterocycles. The molecule has 4 aromatic rings. The van der Waals surface area contributed by atoms with Crippen LogP contribution in [0.3, 0.4) is 0 Å². The Morgan fingerprint density at radius 3 is 2.58 bits per heavy atom. The lowest BCUT2D eigenvalue weighted by atomic mass is 10.2. The van der Waals surface area contributed by atoms with Crippen molar-refractivity contribution in [2.75, 3.05) is 6.54 Å². The molecule has 0 saturated heterocycles. The van der Waals surface area contributed by atoms with Crippen LogP contribution in [0.4, 0.5) is 5.88 Å². The molecule has 0 amide bonds. The Morgan fingerprint density at radius 1 is 1.10 bits per heavy atom. The van der Waals surface area contributed by atoms with Crippen molar-refractivity contribution in [2.24, 2.45) is 10.1 Å². The summed E-state index contributed by atoms with van der Waals surface area (Å²) >= 11 is 7.49. The van der Waals surface area contributed by atoms with Crippen LogP contribution < -0.4 is 4.80 Å². The second kappa shape index (κ2) is 9.55. The minimum Gasteiger partial charge on any atom is -0.400 e. The van der Waals surface area contributed by atoms with Gasteiger partial charge in [-0.15, -0.1) is 11.3 Å². The molecule has 0 aliphatic rings. The lowest BCUT2D eigenvalue weighted by Gasteiger charge is -2.03. The van der Waals surface area contributed by atoms with E-state index in [0.29, 0.717) is 16.4 Å². The highest BCUT2D eigenvalue weighted by Crippen LogP contribution is 2.22. The van der Waals surface area contributed by atoms with Crippen LogP contribution in [-0.4, -0.2) is 22.4 Å². The van der Waals surface area contributed by atoms with E-state index in [1.807, 2.05) is 47.8 Å². The number of halogens is 1. The van der Waals surface area contributed by atoms with E-state index in [1.54, 1.807) is 4.68 Å². The summed E-state index contributed by atoms with van der Waals surface area (Å²) in [7, 11) is 0. The summed E-state index contributed by atoms with van der Waals surface area (Å²) in [4.78, 5) is 15.7. The molecule has 2 aromatic heterocycles. The number of nitro groups is 1. The quantitative estimate of drug-likeness (QED) is 0.214. The molecule has 0 fully saturated rings. The van der Waals surface area contributed by atoms with Crippen molar-refractivity contribution in [1.82, 2.24) is 4.68 Å². The summed E-state index contributed by atoms with van der Waals surface area (Å²) in [5, 5.41) is 17.9. The fourth-order valence-corrected chi connectivity index (χ4v) is 3.88. The van der Waals surface area contributed by atoms with Crippen LogP contribution in [0.2, 0.25) is 5.02 Å². The van der Waals surface area contributed by atoms with Crippen LogP contribution in [0, 0.1) is 10.1 Å². The molecular weight excluding hydrogens is 436 g/mol. The number of aromatic nitrogens is 1. The minimum absolute atomic E-state index is 0.280. The summed E-state index contributed by atoms with van der Waals surface area (Å²) in [6.45, 7) is 0.604. The van der Waals surface area contributed by atoms with E-state index in [-0.39, 0.29) is 11.6 Å². The molecule has 0 N–H and O–H groups in total.